The lowest BCUT2D eigenvalue weighted by Gasteiger charge is -2.39. The van der Waals surface area contributed by atoms with Gasteiger partial charge in [0.15, 0.2) is 5.96 Å². The minimum Gasteiger partial charge on any atom is -0.354 e. The summed E-state index contributed by atoms with van der Waals surface area (Å²) in [5.74, 6) is 1.04. The highest BCUT2D eigenvalue weighted by atomic mass is 127. The average molecular weight is 500 g/mol. The number of nitrogens with one attached hydrogen (secondary N) is 2. The molecule has 3 fully saturated rings. The van der Waals surface area contributed by atoms with E-state index in [0.29, 0.717) is 6.04 Å². The Hall–Kier alpha value is -0.890. The second-order valence-corrected chi connectivity index (χ2v) is 8.43. The molecule has 4 rings (SSSR count). The quantitative estimate of drug-likeness (QED) is 0.369. The van der Waals surface area contributed by atoms with E-state index in [9.17, 15) is 4.39 Å². The van der Waals surface area contributed by atoms with Gasteiger partial charge in [-0.05, 0) is 43.7 Å². The van der Waals surface area contributed by atoms with Crippen LogP contribution in [0.1, 0.15) is 62.8 Å². The Balaban J connectivity index is 0.00000225. The predicted octanol–water partition coefficient (Wildman–Crippen LogP) is 4.26. The molecule has 1 aromatic carbocycles. The van der Waals surface area contributed by atoms with Crippen LogP contribution in [0.25, 0.3) is 0 Å². The SMILES string of the molecule is CN=C(NC1CCN(C2CCCCC2)CC1)NC1CC1c1ccccc1F.I. The fourth-order valence-electron chi connectivity index (χ4n) is 4.87. The minimum atomic E-state index is -0.0927. The molecule has 1 saturated heterocycles. The number of guanidine groups is 1. The topological polar surface area (TPSA) is 39.7 Å². The largest absolute Gasteiger partial charge is 0.354 e. The zero-order valence-electron chi connectivity index (χ0n) is 16.9. The molecule has 2 unspecified atom stereocenters. The van der Waals surface area contributed by atoms with Gasteiger partial charge in [0.2, 0.25) is 0 Å². The van der Waals surface area contributed by atoms with E-state index in [1.807, 2.05) is 19.2 Å². The van der Waals surface area contributed by atoms with Gasteiger partial charge in [-0.3, -0.25) is 4.99 Å². The fraction of sp³-hybridized carbons (Fsp3) is 0.682. The highest BCUT2D eigenvalue weighted by Crippen LogP contribution is 2.41. The van der Waals surface area contributed by atoms with Gasteiger partial charge in [0.05, 0.1) is 0 Å². The Bertz CT molecular complexity index is 654. The highest BCUT2D eigenvalue weighted by molar-refractivity contribution is 14.0. The maximum Gasteiger partial charge on any atom is 0.191 e. The molecule has 2 N–H and O–H groups in total. The third-order valence-corrected chi connectivity index (χ3v) is 6.60. The molecule has 0 aromatic heterocycles. The molecule has 0 bridgehead atoms. The summed E-state index contributed by atoms with van der Waals surface area (Å²) in [7, 11) is 1.83. The summed E-state index contributed by atoms with van der Waals surface area (Å²) in [5.41, 5.74) is 0.825. The van der Waals surface area contributed by atoms with Gasteiger partial charge in [0, 0.05) is 44.2 Å². The number of piperidine rings is 1. The average Bonchev–Trinajstić information content (AvgIpc) is 3.48. The Kier molecular flexibility index (Phi) is 7.97. The van der Waals surface area contributed by atoms with Gasteiger partial charge in [-0.15, -0.1) is 24.0 Å². The van der Waals surface area contributed by atoms with E-state index in [1.165, 1.54) is 58.0 Å². The molecule has 1 aliphatic heterocycles. The number of rotatable bonds is 4. The molecule has 2 atom stereocenters. The van der Waals surface area contributed by atoms with Crippen LogP contribution in [0.4, 0.5) is 4.39 Å². The number of nitrogens with zero attached hydrogens (tertiary/aromatic N) is 2. The summed E-state index contributed by atoms with van der Waals surface area (Å²) in [6, 6.07) is 8.73. The standard InChI is InChI=1S/C22H33FN4.HI/c1-24-22(26-21-15-19(21)18-9-5-6-10-20(18)23)25-16-11-13-27(14-12-16)17-7-3-2-4-8-17;/h5-6,9-10,16-17,19,21H,2-4,7-8,11-15H2,1H3,(H2,24,25,26);1H. The van der Waals surface area contributed by atoms with Gasteiger partial charge < -0.3 is 15.5 Å². The van der Waals surface area contributed by atoms with Crippen molar-refractivity contribution in [2.75, 3.05) is 20.1 Å². The van der Waals surface area contributed by atoms with E-state index in [-0.39, 0.29) is 41.8 Å². The third kappa shape index (κ3) is 5.38. The zero-order chi connectivity index (χ0) is 18.6. The van der Waals surface area contributed by atoms with E-state index in [0.717, 1.165) is 24.0 Å². The summed E-state index contributed by atoms with van der Waals surface area (Å²) < 4.78 is 14.0. The number of hydrogen-bond acceptors (Lipinski definition) is 2. The van der Waals surface area contributed by atoms with Gasteiger partial charge in [-0.25, -0.2) is 4.39 Å². The molecule has 3 aliphatic rings. The molecule has 156 valence electrons. The smallest absolute Gasteiger partial charge is 0.191 e. The Morgan fingerprint density at radius 1 is 1.04 bits per heavy atom. The van der Waals surface area contributed by atoms with Gasteiger partial charge in [0.25, 0.3) is 0 Å². The Morgan fingerprint density at radius 3 is 2.43 bits per heavy atom. The second-order valence-electron chi connectivity index (χ2n) is 8.43. The van der Waals surface area contributed by atoms with Crippen LogP contribution in [0.15, 0.2) is 29.3 Å². The second kappa shape index (κ2) is 10.2. The monoisotopic (exact) mass is 500 g/mol. The molecule has 1 heterocycles. The van der Waals surface area contributed by atoms with Crippen LogP contribution in [-0.2, 0) is 0 Å². The van der Waals surface area contributed by atoms with Crippen molar-refractivity contribution in [3.05, 3.63) is 35.6 Å². The maximum absolute atomic E-state index is 14.0. The first kappa shape index (κ1) is 21.8. The molecule has 0 spiro atoms. The van der Waals surface area contributed by atoms with Gasteiger partial charge in [-0.2, -0.15) is 0 Å². The highest BCUT2D eigenvalue weighted by Gasteiger charge is 2.40. The predicted molar refractivity (Wildman–Crippen MR) is 124 cm³/mol. The molecule has 2 saturated carbocycles. The molecular weight excluding hydrogens is 466 g/mol. The van der Waals surface area contributed by atoms with Crippen LogP contribution in [0.2, 0.25) is 0 Å². The first-order valence-electron chi connectivity index (χ1n) is 10.7. The summed E-state index contributed by atoms with van der Waals surface area (Å²) in [5, 5.41) is 7.10. The van der Waals surface area contributed by atoms with E-state index in [2.05, 4.69) is 20.5 Å². The van der Waals surface area contributed by atoms with Crippen molar-refractivity contribution in [1.29, 1.82) is 0 Å². The lowest BCUT2D eigenvalue weighted by Crippen LogP contribution is -2.51. The van der Waals surface area contributed by atoms with E-state index < -0.39 is 0 Å². The lowest BCUT2D eigenvalue weighted by molar-refractivity contribution is 0.119. The van der Waals surface area contributed by atoms with Crippen molar-refractivity contribution < 1.29 is 4.39 Å². The van der Waals surface area contributed by atoms with Crippen molar-refractivity contribution in [2.24, 2.45) is 4.99 Å². The van der Waals surface area contributed by atoms with Crippen molar-refractivity contribution in [1.82, 2.24) is 15.5 Å². The molecule has 4 nitrogen and oxygen atoms in total. The van der Waals surface area contributed by atoms with Crippen LogP contribution in [0, 0.1) is 5.82 Å². The molecule has 0 radical (unpaired) electrons. The lowest BCUT2D eigenvalue weighted by atomic mass is 9.92. The van der Waals surface area contributed by atoms with Crippen LogP contribution in [0.5, 0.6) is 0 Å². The third-order valence-electron chi connectivity index (χ3n) is 6.60. The first-order chi connectivity index (χ1) is 13.2. The number of hydrogen-bond donors (Lipinski definition) is 2. The van der Waals surface area contributed by atoms with Crippen LogP contribution in [0.3, 0.4) is 0 Å². The number of halogens is 2. The Morgan fingerprint density at radius 2 is 1.75 bits per heavy atom. The molecule has 2 aliphatic carbocycles. The van der Waals surface area contributed by atoms with Crippen molar-refractivity contribution in [2.45, 2.75) is 75.4 Å². The van der Waals surface area contributed by atoms with E-state index in [4.69, 9.17) is 0 Å². The summed E-state index contributed by atoms with van der Waals surface area (Å²) in [6.07, 6.45) is 10.3. The normalized spacial score (nSPS) is 27.1. The van der Waals surface area contributed by atoms with Gasteiger partial charge >= 0.3 is 0 Å². The van der Waals surface area contributed by atoms with Crippen LogP contribution < -0.4 is 10.6 Å². The summed E-state index contributed by atoms with van der Waals surface area (Å²) >= 11 is 0. The number of aliphatic imine (C=N–C) groups is 1. The summed E-state index contributed by atoms with van der Waals surface area (Å²) in [4.78, 5) is 7.12. The zero-order valence-corrected chi connectivity index (χ0v) is 19.2. The molecule has 0 amide bonds. The van der Waals surface area contributed by atoms with Gasteiger partial charge in [-0.1, -0.05) is 37.5 Å². The molecule has 1 aromatic rings. The maximum atomic E-state index is 14.0. The number of benzene rings is 1. The Labute approximate surface area is 185 Å². The van der Waals surface area contributed by atoms with Crippen LogP contribution in [-0.4, -0.2) is 49.1 Å². The first-order valence-corrected chi connectivity index (χ1v) is 10.7. The van der Waals surface area contributed by atoms with Crippen molar-refractivity contribution in [3.63, 3.8) is 0 Å². The van der Waals surface area contributed by atoms with E-state index in [1.54, 1.807) is 12.1 Å². The minimum absolute atomic E-state index is 0. The van der Waals surface area contributed by atoms with Crippen molar-refractivity contribution >= 4 is 29.9 Å². The van der Waals surface area contributed by atoms with E-state index >= 15 is 0 Å². The molecule has 28 heavy (non-hydrogen) atoms. The van der Waals surface area contributed by atoms with Crippen LogP contribution >= 0.6 is 24.0 Å². The summed E-state index contributed by atoms with van der Waals surface area (Å²) in [6.45, 7) is 2.39. The van der Waals surface area contributed by atoms with Gasteiger partial charge in [0.1, 0.15) is 5.82 Å². The molecule has 6 heteroatoms. The molecular formula is C22H34FIN4. The van der Waals surface area contributed by atoms with Crippen molar-refractivity contribution in [3.8, 4) is 0 Å². The number of likely N-dealkylation sites (tertiary alicyclic amines) is 1. The fourth-order valence-corrected chi connectivity index (χ4v) is 4.87.